The summed E-state index contributed by atoms with van der Waals surface area (Å²) in [5.41, 5.74) is 3.38. The Morgan fingerprint density at radius 2 is 1.88 bits per heavy atom. The molecule has 1 amide bonds. The van der Waals surface area contributed by atoms with Gasteiger partial charge in [-0.25, -0.2) is 12.8 Å². The number of hydrogen-bond acceptors (Lipinski definition) is 7. The maximum Gasteiger partial charge on any atom is 0.237 e. The monoisotopic (exact) mass is 647 g/mol. The van der Waals surface area contributed by atoms with Crippen LogP contribution in [0.15, 0.2) is 40.9 Å². The number of halogens is 3. The Bertz CT molecular complexity index is 1650. The number of anilines is 1. The molecule has 2 heterocycles. The number of ether oxygens (including phenoxy) is 1. The van der Waals surface area contributed by atoms with Crippen molar-refractivity contribution in [2.24, 2.45) is 5.92 Å². The van der Waals surface area contributed by atoms with Gasteiger partial charge in [0.2, 0.25) is 15.9 Å². The maximum absolute atomic E-state index is 15.3. The number of aryl methyl sites for hydroxylation is 1. The fraction of sp³-hybridized carbons (Fsp3) is 0.484. The van der Waals surface area contributed by atoms with Gasteiger partial charge < -0.3 is 14.2 Å². The number of benzene rings is 2. The number of sulfonamides is 1. The summed E-state index contributed by atoms with van der Waals surface area (Å²) < 4.78 is 53.6. The van der Waals surface area contributed by atoms with Gasteiger partial charge in [-0.05, 0) is 74.8 Å². The molecule has 0 radical (unpaired) electrons. The van der Waals surface area contributed by atoms with Crippen LogP contribution in [0.2, 0.25) is 10.0 Å². The standard InChI is InChI=1S/C31H32Cl2FN3O5S/c32-23-2-1-3-24(33)29(23)30-22(31(42-35-30)18-6-7-18)16-41-27-14-20-13-19(27)15-37(20)26-10-4-17(12-25(26)34)5-11-28(38)36-43(39,40)21-8-9-21/h1-4,10,12,18-21,27H,5-9,11,13-16H2,(H,36,38)/t19-,20-,27+/m0/s1. The number of nitrogens with zero attached hydrogens (tertiary/aromatic N) is 2. The van der Waals surface area contributed by atoms with Gasteiger partial charge in [0.05, 0.1) is 33.7 Å². The van der Waals surface area contributed by atoms with Gasteiger partial charge >= 0.3 is 0 Å². The Kier molecular flexibility index (Phi) is 7.68. The van der Waals surface area contributed by atoms with Crippen LogP contribution in [0.25, 0.3) is 11.3 Å². The summed E-state index contributed by atoms with van der Waals surface area (Å²) in [5.74, 6) is 0.551. The highest BCUT2D eigenvalue weighted by Gasteiger charge is 2.46. The molecule has 0 spiro atoms. The molecule has 7 rings (SSSR count). The number of aromatic nitrogens is 1. The molecule has 8 nitrogen and oxygen atoms in total. The Balaban J connectivity index is 0.975. The number of nitrogens with one attached hydrogen (secondary N) is 1. The summed E-state index contributed by atoms with van der Waals surface area (Å²) in [4.78, 5) is 14.2. The first-order chi connectivity index (χ1) is 20.7. The molecule has 1 N–H and O–H groups in total. The van der Waals surface area contributed by atoms with Crippen LogP contribution in [-0.4, -0.2) is 43.4 Å². The molecule has 3 aromatic rings. The van der Waals surface area contributed by atoms with Crippen LogP contribution in [0.1, 0.15) is 67.8 Å². The Hall–Kier alpha value is -2.66. The number of carbonyl (C=O) groups is 1. The first-order valence-electron chi connectivity index (χ1n) is 14.8. The third-order valence-corrected chi connectivity index (χ3v) is 11.6. The lowest BCUT2D eigenvalue weighted by Gasteiger charge is -2.33. The molecule has 2 bridgehead atoms. The van der Waals surface area contributed by atoms with E-state index in [1.807, 2.05) is 6.07 Å². The molecule has 1 aromatic heterocycles. The number of hydrogen-bond donors (Lipinski definition) is 1. The van der Waals surface area contributed by atoms with E-state index in [9.17, 15) is 13.2 Å². The Labute approximate surface area is 259 Å². The van der Waals surface area contributed by atoms with E-state index < -0.39 is 21.2 Å². The fourth-order valence-corrected chi connectivity index (χ4v) is 8.43. The SMILES string of the molecule is O=C(CCc1ccc(N2C[C@@H]3C[C@H]2C[C@H]3OCc2c(-c3c(Cl)cccc3Cl)noc2C2CC2)c(F)c1)NS(=O)(=O)C1CC1. The second kappa shape index (κ2) is 11.4. The summed E-state index contributed by atoms with van der Waals surface area (Å²) in [6, 6.07) is 10.6. The van der Waals surface area contributed by atoms with Crippen molar-refractivity contribution in [2.75, 3.05) is 11.4 Å². The van der Waals surface area contributed by atoms with E-state index in [0.29, 0.717) is 64.5 Å². The van der Waals surface area contributed by atoms with Gasteiger partial charge in [0.15, 0.2) is 0 Å². The molecule has 0 unspecified atom stereocenters. The van der Waals surface area contributed by atoms with Gasteiger partial charge in [0.25, 0.3) is 0 Å². The quantitative estimate of drug-likeness (QED) is 0.257. The highest BCUT2D eigenvalue weighted by atomic mass is 35.5. The van der Waals surface area contributed by atoms with Gasteiger partial charge in [-0.2, -0.15) is 0 Å². The lowest BCUT2D eigenvalue weighted by atomic mass is 10.0. The second-order valence-corrected chi connectivity index (χ2v) is 15.0. The van der Waals surface area contributed by atoms with Crippen LogP contribution in [0.4, 0.5) is 10.1 Å². The Morgan fingerprint density at radius 3 is 2.53 bits per heavy atom. The van der Waals surface area contributed by atoms with Crippen LogP contribution < -0.4 is 9.62 Å². The van der Waals surface area contributed by atoms with E-state index in [2.05, 4.69) is 14.8 Å². The largest absolute Gasteiger partial charge is 0.373 e. The summed E-state index contributed by atoms with van der Waals surface area (Å²) in [5, 5.41) is 4.92. The summed E-state index contributed by atoms with van der Waals surface area (Å²) in [6.45, 7) is 1.04. The Morgan fingerprint density at radius 1 is 1.12 bits per heavy atom. The summed E-state index contributed by atoms with van der Waals surface area (Å²) in [6.07, 6.45) is 5.27. The van der Waals surface area contributed by atoms with Crippen molar-refractivity contribution < 1.29 is 26.9 Å². The first kappa shape index (κ1) is 29.1. The molecule has 4 aliphatic rings. The van der Waals surface area contributed by atoms with Crippen molar-refractivity contribution in [3.8, 4) is 11.3 Å². The molecule has 4 fully saturated rings. The predicted octanol–water partition coefficient (Wildman–Crippen LogP) is 6.39. The zero-order valence-corrected chi connectivity index (χ0v) is 25.7. The van der Waals surface area contributed by atoms with Crippen molar-refractivity contribution in [3.63, 3.8) is 0 Å². The van der Waals surface area contributed by atoms with Crippen molar-refractivity contribution in [3.05, 3.63) is 69.1 Å². The number of rotatable bonds is 11. The number of fused-ring (bicyclic) bond motifs is 2. The number of carbonyl (C=O) groups excluding carboxylic acids is 1. The molecular formula is C31H32Cl2FN3O5S. The van der Waals surface area contributed by atoms with E-state index in [1.165, 1.54) is 6.07 Å². The van der Waals surface area contributed by atoms with Crippen LogP contribution in [0.5, 0.6) is 0 Å². The molecule has 3 aliphatic carbocycles. The minimum atomic E-state index is -3.57. The average Bonchev–Trinajstić information content (AvgIpc) is 3.89. The highest BCUT2D eigenvalue weighted by molar-refractivity contribution is 7.90. The van der Waals surface area contributed by atoms with E-state index in [4.69, 9.17) is 32.5 Å². The van der Waals surface area contributed by atoms with E-state index in [-0.39, 0.29) is 36.7 Å². The first-order valence-corrected chi connectivity index (χ1v) is 17.1. The van der Waals surface area contributed by atoms with E-state index in [1.54, 1.807) is 24.3 Å². The lowest BCUT2D eigenvalue weighted by Crippen LogP contribution is -2.39. The topological polar surface area (TPSA) is 102 Å². The summed E-state index contributed by atoms with van der Waals surface area (Å²) in [7, 11) is -3.57. The fourth-order valence-electron chi connectivity index (χ4n) is 6.51. The normalized spacial score (nSPS) is 23.2. The molecule has 12 heteroatoms. The van der Waals surface area contributed by atoms with Crippen LogP contribution in [0, 0.1) is 11.7 Å². The maximum atomic E-state index is 15.3. The molecule has 43 heavy (non-hydrogen) atoms. The predicted molar refractivity (Wildman–Crippen MR) is 161 cm³/mol. The van der Waals surface area contributed by atoms with Crippen LogP contribution in [-0.2, 0) is 32.6 Å². The molecule has 3 saturated carbocycles. The zero-order valence-electron chi connectivity index (χ0n) is 23.4. The van der Waals surface area contributed by atoms with Gasteiger partial charge in [0, 0.05) is 42.0 Å². The molecular weight excluding hydrogens is 616 g/mol. The van der Waals surface area contributed by atoms with E-state index >= 15 is 4.39 Å². The van der Waals surface area contributed by atoms with Gasteiger partial charge in [0.1, 0.15) is 17.3 Å². The third-order valence-electron chi connectivity index (χ3n) is 9.07. The van der Waals surface area contributed by atoms with Crippen LogP contribution >= 0.6 is 23.2 Å². The minimum absolute atomic E-state index is 0.0167. The second-order valence-electron chi connectivity index (χ2n) is 12.2. The molecule has 1 saturated heterocycles. The highest BCUT2D eigenvalue weighted by Crippen LogP contribution is 2.47. The van der Waals surface area contributed by atoms with E-state index in [0.717, 1.165) is 37.0 Å². The average molecular weight is 649 g/mol. The number of amides is 1. The van der Waals surface area contributed by atoms with Gasteiger partial charge in [-0.1, -0.05) is 40.5 Å². The van der Waals surface area contributed by atoms with Gasteiger partial charge in [-0.15, -0.1) is 0 Å². The molecule has 3 atom stereocenters. The van der Waals surface area contributed by atoms with Crippen molar-refractivity contribution in [1.82, 2.24) is 9.88 Å². The minimum Gasteiger partial charge on any atom is -0.373 e. The lowest BCUT2D eigenvalue weighted by molar-refractivity contribution is -0.119. The van der Waals surface area contributed by atoms with Crippen molar-refractivity contribution in [2.45, 2.75) is 81.3 Å². The zero-order chi connectivity index (χ0) is 29.9. The molecule has 2 aromatic carbocycles. The molecule has 228 valence electrons. The van der Waals surface area contributed by atoms with Crippen molar-refractivity contribution >= 4 is 44.8 Å². The number of piperidine rings is 1. The van der Waals surface area contributed by atoms with Crippen LogP contribution in [0.3, 0.4) is 0 Å². The van der Waals surface area contributed by atoms with Crippen molar-refractivity contribution in [1.29, 1.82) is 0 Å². The summed E-state index contributed by atoms with van der Waals surface area (Å²) >= 11 is 13.0. The third kappa shape index (κ3) is 5.91. The van der Waals surface area contributed by atoms with Gasteiger partial charge in [-0.3, -0.25) is 9.52 Å². The molecule has 1 aliphatic heterocycles. The smallest absolute Gasteiger partial charge is 0.237 e.